The minimum absolute atomic E-state index is 0.0675. The molecular weight excluding hydrogens is 366 g/mol. The van der Waals surface area contributed by atoms with E-state index in [4.69, 9.17) is 9.47 Å². The minimum Gasteiger partial charge on any atom is -0.377 e. The lowest BCUT2D eigenvalue weighted by molar-refractivity contribution is -0.227. The molecule has 0 N–H and O–H groups in total. The fourth-order valence-electron chi connectivity index (χ4n) is 3.97. The van der Waals surface area contributed by atoms with Gasteiger partial charge in [0.15, 0.2) is 6.29 Å². The smallest absolute Gasteiger partial charge is 0.177 e. The number of rotatable bonds is 5. The van der Waals surface area contributed by atoms with Crippen LogP contribution in [0.15, 0.2) is 24.4 Å². The van der Waals surface area contributed by atoms with Crippen LogP contribution in [0.1, 0.15) is 27.7 Å². The average Bonchev–Trinajstić information content (AvgIpc) is 3.09. The molecule has 0 atom stereocenters. The quantitative estimate of drug-likeness (QED) is 0.769. The van der Waals surface area contributed by atoms with Crippen molar-refractivity contribution in [2.24, 2.45) is 10.8 Å². The van der Waals surface area contributed by atoms with E-state index >= 15 is 0 Å². The van der Waals surface area contributed by atoms with Crippen molar-refractivity contribution in [3.8, 4) is 11.3 Å². The zero-order valence-corrected chi connectivity index (χ0v) is 18.5. The molecule has 7 heteroatoms. The molecule has 0 unspecified atom stereocenters. The zero-order valence-electron chi connectivity index (χ0n) is 18.5. The second kappa shape index (κ2) is 7.29. The first-order chi connectivity index (χ1) is 13.6. The predicted octanol–water partition coefficient (Wildman–Crippen LogP) is 3.26. The van der Waals surface area contributed by atoms with Crippen molar-refractivity contribution in [2.75, 3.05) is 50.2 Å². The Morgan fingerprint density at radius 1 is 1.07 bits per heavy atom. The Kier molecular flexibility index (Phi) is 5.07. The van der Waals surface area contributed by atoms with E-state index in [1.165, 1.54) is 5.69 Å². The molecule has 29 heavy (non-hydrogen) atoms. The third-order valence-corrected chi connectivity index (χ3v) is 5.54. The lowest BCUT2D eigenvalue weighted by Crippen LogP contribution is -2.53. The van der Waals surface area contributed by atoms with Crippen LogP contribution in [0.2, 0.25) is 0 Å². The zero-order chi connectivity index (χ0) is 20.8. The van der Waals surface area contributed by atoms with Gasteiger partial charge in [0.25, 0.3) is 0 Å². The molecule has 1 aromatic carbocycles. The third kappa shape index (κ3) is 4.41. The van der Waals surface area contributed by atoms with Gasteiger partial charge in [-0.15, -0.1) is 5.10 Å². The van der Waals surface area contributed by atoms with Crippen molar-refractivity contribution >= 4 is 11.4 Å². The molecule has 3 heterocycles. The van der Waals surface area contributed by atoms with Gasteiger partial charge >= 0.3 is 0 Å². The normalized spacial score (nSPS) is 21.1. The van der Waals surface area contributed by atoms with E-state index in [2.05, 4.69) is 80.1 Å². The van der Waals surface area contributed by atoms with Gasteiger partial charge in [0, 0.05) is 49.5 Å². The molecule has 0 spiro atoms. The monoisotopic (exact) mass is 399 g/mol. The third-order valence-electron chi connectivity index (χ3n) is 5.54. The predicted molar refractivity (Wildman–Crippen MR) is 115 cm³/mol. The Balaban J connectivity index is 1.50. The number of aromatic nitrogens is 3. The molecule has 2 aliphatic heterocycles. The highest BCUT2D eigenvalue weighted by Crippen LogP contribution is 2.38. The van der Waals surface area contributed by atoms with E-state index in [9.17, 15) is 0 Å². The molecule has 7 nitrogen and oxygen atoms in total. The summed E-state index contributed by atoms with van der Waals surface area (Å²) in [6.45, 7) is 13.0. The number of benzene rings is 1. The maximum absolute atomic E-state index is 5.83. The number of hydrogen-bond acceptors (Lipinski definition) is 6. The number of hydrogen-bond donors (Lipinski definition) is 0. The van der Waals surface area contributed by atoms with Gasteiger partial charge in [-0.1, -0.05) is 32.9 Å². The van der Waals surface area contributed by atoms with Crippen LogP contribution in [-0.4, -0.2) is 61.7 Å². The first kappa shape index (κ1) is 20.2. The summed E-state index contributed by atoms with van der Waals surface area (Å²) in [5.41, 5.74) is 4.81. The van der Waals surface area contributed by atoms with Crippen LogP contribution in [0.3, 0.4) is 0 Å². The second-order valence-corrected chi connectivity index (χ2v) is 10.2. The molecule has 2 fully saturated rings. The Hall–Kier alpha value is -2.12. The molecule has 0 amide bonds. The van der Waals surface area contributed by atoms with E-state index in [0.29, 0.717) is 25.2 Å². The van der Waals surface area contributed by atoms with Gasteiger partial charge in [0.05, 0.1) is 26.0 Å². The molecule has 0 aliphatic carbocycles. The van der Waals surface area contributed by atoms with Gasteiger partial charge in [0.2, 0.25) is 0 Å². The van der Waals surface area contributed by atoms with Crippen molar-refractivity contribution < 1.29 is 9.47 Å². The summed E-state index contributed by atoms with van der Waals surface area (Å²) in [4.78, 5) is 4.56. The Morgan fingerprint density at radius 3 is 2.38 bits per heavy atom. The molecule has 0 bridgehead atoms. The lowest BCUT2D eigenvalue weighted by atomic mass is 9.84. The molecule has 2 saturated heterocycles. The summed E-state index contributed by atoms with van der Waals surface area (Å²) in [5.74, 6) is 0. The lowest BCUT2D eigenvalue weighted by Gasteiger charge is -2.47. The second-order valence-electron chi connectivity index (χ2n) is 10.2. The average molecular weight is 400 g/mol. The fourth-order valence-corrected chi connectivity index (χ4v) is 3.97. The number of nitrogens with zero attached hydrogens (tertiary/aromatic N) is 5. The van der Waals surface area contributed by atoms with Crippen molar-refractivity contribution in [1.82, 2.24) is 15.0 Å². The maximum Gasteiger partial charge on any atom is 0.177 e. The maximum atomic E-state index is 5.83. The molecule has 158 valence electrons. The molecule has 1 aromatic heterocycles. The van der Waals surface area contributed by atoms with E-state index in [1.54, 1.807) is 0 Å². The van der Waals surface area contributed by atoms with Crippen molar-refractivity contribution in [3.63, 3.8) is 0 Å². The summed E-state index contributed by atoms with van der Waals surface area (Å²) in [5, 5.41) is 8.72. The molecular formula is C22H33N5O2. The summed E-state index contributed by atoms with van der Waals surface area (Å²) < 4.78 is 13.5. The number of ether oxygens (including phenoxy) is 2. The Bertz CT molecular complexity index is 856. The van der Waals surface area contributed by atoms with Gasteiger partial charge in [-0.3, -0.25) is 0 Å². The largest absolute Gasteiger partial charge is 0.377 e. The Labute approximate surface area is 173 Å². The topological polar surface area (TPSA) is 55.7 Å². The van der Waals surface area contributed by atoms with Gasteiger partial charge in [-0.05, 0) is 23.6 Å². The van der Waals surface area contributed by atoms with Crippen LogP contribution in [0.5, 0.6) is 0 Å². The SMILES string of the molecule is CN(C)c1cc(N2CC(C)(C)C2)ccc1-c1cn(CC2OCC(C)(C)CO2)nn1. The summed E-state index contributed by atoms with van der Waals surface area (Å²) >= 11 is 0. The Morgan fingerprint density at radius 2 is 1.76 bits per heavy atom. The minimum atomic E-state index is -0.275. The summed E-state index contributed by atoms with van der Waals surface area (Å²) in [6.07, 6.45) is 1.70. The van der Waals surface area contributed by atoms with Gasteiger partial charge in [-0.25, -0.2) is 4.68 Å². The van der Waals surface area contributed by atoms with Crippen molar-refractivity contribution in [3.05, 3.63) is 24.4 Å². The summed E-state index contributed by atoms with van der Waals surface area (Å²) in [6, 6.07) is 6.59. The highest BCUT2D eigenvalue weighted by Gasteiger charge is 2.34. The van der Waals surface area contributed by atoms with E-state index < -0.39 is 0 Å². The summed E-state index contributed by atoms with van der Waals surface area (Å²) in [7, 11) is 4.14. The van der Waals surface area contributed by atoms with Crippen LogP contribution in [0.4, 0.5) is 11.4 Å². The van der Waals surface area contributed by atoms with E-state index in [1.807, 2.05) is 10.9 Å². The molecule has 0 radical (unpaired) electrons. The highest BCUT2D eigenvalue weighted by atomic mass is 16.7. The first-order valence-electron chi connectivity index (χ1n) is 10.3. The van der Waals surface area contributed by atoms with Gasteiger partial charge < -0.3 is 19.3 Å². The van der Waals surface area contributed by atoms with Crippen LogP contribution in [-0.2, 0) is 16.0 Å². The van der Waals surface area contributed by atoms with Crippen LogP contribution >= 0.6 is 0 Å². The van der Waals surface area contributed by atoms with Crippen LogP contribution in [0, 0.1) is 10.8 Å². The molecule has 2 aromatic rings. The van der Waals surface area contributed by atoms with Crippen molar-refractivity contribution in [1.29, 1.82) is 0 Å². The fraction of sp³-hybridized carbons (Fsp3) is 0.636. The standard InChI is InChI=1S/C22H33N5O2/c1-21(2)12-26(13-21)16-7-8-17(19(9-16)25(5)6)18-10-27(24-23-18)11-20-28-14-22(3,4)15-29-20/h7-10,20H,11-15H2,1-6H3. The van der Waals surface area contributed by atoms with E-state index in [-0.39, 0.29) is 11.7 Å². The molecule has 2 aliphatic rings. The van der Waals surface area contributed by atoms with Crippen molar-refractivity contribution in [2.45, 2.75) is 40.5 Å². The first-order valence-corrected chi connectivity index (χ1v) is 10.3. The van der Waals surface area contributed by atoms with Crippen LogP contribution < -0.4 is 9.80 Å². The molecule has 4 rings (SSSR count). The van der Waals surface area contributed by atoms with Crippen LogP contribution in [0.25, 0.3) is 11.3 Å². The van der Waals surface area contributed by atoms with Gasteiger partial charge in [0.1, 0.15) is 5.69 Å². The van der Waals surface area contributed by atoms with Gasteiger partial charge in [-0.2, -0.15) is 0 Å². The highest BCUT2D eigenvalue weighted by molar-refractivity contribution is 5.79. The number of anilines is 2. The van der Waals surface area contributed by atoms with E-state index in [0.717, 1.165) is 30.0 Å². The molecule has 0 saturated carbocycles.